The number of amides is 1. The molecule has 0 saturated carbocycles. The molecule has 0 spiro atoms. The van der Waals surface area contributed by atoms with Gasteiger partial charge in [0, 0.05) is 30.0 Å². The van der Waals surface area contributed by atoms with Crippen LogP contribution in [-0.4, -0.2) is 62.0 Å². The molecule has 1 N–H and O–H groups in total. The van der Waals surface area contributed by atoms with Gasteiger partial charge in [-0.1, -0.05) is 0 Å². The van der Waals surface area contributed by atoms with Gasteiger partial charge in [-0.25, -0.2) is 4.79 Å². The Bertz CT molecular complexity index is 470. The fourth-order valence-electron chi connectivity index (χ4n) is 1.33. The molecule has 2 unspecified atom stereocenters. The van der Waals surface area contributed by atoms with Crippen LogP contribution in [-0.2, 0) is 34.6 Å². The van der Waals surface area contributed by atoms with Crippen molar-refractivity contribution in [3.05, 3.63) is 0 Å². The summed E-state index contributed by atoms with van der Waals surface area (Å²) in [6.07, 6.45) is 1.20. The average molecular weight is 359 g/mol. The molecule has 0 radical (unpaired) electrons. The number of hydrogen-bond donors (Lipinski definition) is 1. The zero-order valence-electron chi connectivity index (χ0n) is 13.6. The van der Waals surface area contributed by atoms with Crippen molar-refractivity contribution in [1.29, 1.82) is 0 Å². The molecule has 0 aromatic rings. The molecule has 0 aliphatic rings. The topological polar surface area (TPSA) is 108 Å². The van der Waals surface area contributed by atoms with Crippen LogP contribution in [0.2, 0.25) is 0 Å². The highest BCUT2D eigenvalue weighted by atomic mass is 32.2. The van der Waals surface area contributed by atoms with Crippen molar-refractivity contribution >= 4 is 27.0 Å². The zero-order chi connectivity index (χ0) is 17.4. The van der Waals surface area contributed by atoms with Crippen molar-refractivity contribution in [2.24, 2.45) is 0 Å². The van der Waals surface area contributed by atoms with E-state index in [0.717, 1.165) is 6.26 Å². The van der Waals surface area contributed by atoms with Crippen LogP contribution in [0.1, 0.15) is 27.2 Å². The Morgan fingerprint density at radius 1 is 1.32 bits per heavy atom. The Morgan fingerprint density at radius 2 is 1.91 bits per heavy atom. The summed E-state index contributed by atoms with van der Waals surface area (Å²) in [5.41, 5.74) is -0.647. The van der Waals surface area contributed by atoms with Crippen LogP contribution in [0, 0.1) is 0 Å². The summed E-state index contributed by atoms with van der Waals surface area (Å²) in [6.45, 7) is 5.28. The molecule has 10 heteroatoms. The van der Waals surface area contributed by atoms with Crippen molar-refractivity contribution in [3.8, 4) is 0 Å². The number of rotatable bonds is 9. The smallest absolute Gasteiger partial charge is 0.407 e. The first-order valence-electron chi connectivity index (χ1n) is 6.62. The summed E-state index contributed by atoms with van der Waals surface area (Å²) in [7, 11) is -4.76. The standard InChI is InChI=1S/C12H25NO7S2/c1-12(2,3)19-11(14)13-8-10(20-22(5,16)17)6-7-18-9-21(4)15/h10H,6-9H2,1-5H3,(H,13,14). The Kier molecular flexibility index (Phi) is 9.13. The van der Waals surface area contributed by atoms with E-state index < -0.39 is 38.7 Å². The second-order valence-corrected chi connectivity index (χ2v) is 8.68. The third-order valence-electron chi connectivity index (χ3n) is 2.02. The molecule has 0 aliphatic carbocycles. The van der Waals surface area contributed by atoms with Gasteiger partial charge in [-0.15, -0.1) is 0 Å². The summed E-state index contributed by atoms with van der Waals surface area (Å²) in [5.74, 6) is 0.0606. The molecule has 0 bridgehead atoms. The van der Waals surface area contributed by atoms with Crippen LogP contribution in [0.15, 0.2) is 0 Å². The van der Waals surface area contributed by atoms with Crippen molar-refractivity contribution in [1.82, 2.24) is 5.32 Å². The van der Waals surface area contributed by atoms with E-state index in [2.05, 4.69) is 5.32 Å². The van der Waals surface area contributed by atoms with Gasteiger partial charge in [-0.3, -0.25) is 8.39 Å². The van der Waals surface area contributed by atoms with E-state index >= 15 is 0 Å². The molecule has 0 rings (SSSR count). The lowest BCUT2D eigenvalue weighted by atomic mass is 10.2. The van der Waals surface area contributed by atoms with Crippen molar-refractivity contribution in [3.63, 3.8) is 0 Å². The van der Waals surface area contributed by atoms with Crippen molar-refractivity contribution in [2.75, 3.05) is 31.6 Å². The first kappa shape index (κ1) is 21.3. The van der Waals surface area contributed by atoms with Gasteiger partial charge >= 0.3 is 6.09 Å². The molecule has 0 heterocycles. The van der Waals surface area contributed by atoms with Gasteiger partial charge in [0.15, 0.2) is 0 Å². The molecule has 1 amide bonds. The van der Waals surface area contributed by atoms with Gasteiger partial charge in [0.2, 0.25) is 0 Å². The minimum absolute atomic E-state index is 0.0411. The number of alkyl carbamates (subject to hydrolysis) is 1. The fraction of sp³-hybridized carbons (Fsp3) is 0.917. The minimum Gasteiger partial charge on any atom is -0.444 e. The SMILES string of the molecule is CS(=O)COCCC(CNC(=O)OC(C)(C)C)OS(C)(=O)=O. The molecular weight excluding hydrogens is 334 g/mol. The van der Waals surface area contributed by atoms with E-state index in [-0.39, 0.29) is 25.5 Å². The fourth-order valence-corrected chi connectivity index (χ4v) is 2.35. The highest BCUT2D eigenvalue weighted by molar-refractivity contribution is 7.86. The number of carbonyl (C=O) groups is 1. The van der Waals surface area contributed by atoms with E-state index in [1.165, 1.54) is 6.26 Å². The molecule has 22 heavy (non-hydrogen) atoms. The largest absolute Gasteiger partial charge is 0.444 e. The van der Waals surface area contributed by atoms with Crippen LogP contribution in [0.3, 0.4) is 0 Å². The van der Waals surface area contributed by atoms with Gasteiger partial charge in [-0.05, 0) is 20.8 Å². The average Bonchev–Trinajstić information content (AvgIpc) is 2.27. The summed E-state index contributed by atoms with van der Waals surface area (Å²) >= 11 is 0. The van der Waals surface area contributed by atoms with Gasteiger partial charge in [0.1, 0.15) is 11.5 Å². The highest BCUT2D eigenvalue weighted by Crippen LogP contribution is 2.07. The Labute approximate surface area is 134 Å². The van der Waals surface area contributed by atoms with Crippen LogP contribution in [0.5, 0.6) is 0 Å². The Morgan fingerprint density at radius 3 is 2.36 bits per heavy atom. The molecule has 0 fully saturated rings. The van der Waals surface area contributed by atoms with E-state index in [4.69, 9.17) is 13.7 Å². The lowest BCUT2D eigenvalue weighted by molar-refractivity contribution is 0.0487. The third kappa shape index (κ3) is 14.2. The van der Waals surface area contributed by atoms with Crippen LogP contribution >= 0.6 is 0 Å². The van der Waals surface area contributed by atoms with Gasteiger partial charge < -0.3 is 14.8 Å². The predicted molar refractivity (Wildman–Crippen MR) is 83.5 cm³/mol. The monoisotopic (exact) mass is 359 g/mol. The molecule has 8 nitrogen and oxygen atoms in total. The van der Waals surface area contributed by atoms with Crippen LogP contribution in [0.25, 0.3) is 0 Å². The summed E-state index contributed by atoms with van der Waals surface area (Å²) in [5, 5.41) is 2.45. The molecule has 0 aromatic carbocycles. The lowest BCUT2D eigenvalue weighted by Gasteiger charge is -2.21. The zero-order valence-corrected chi connectivity index (χ0v) is 15.2. The van der Waals surface area contributed by atoms with Crippen LogP contribution < -0.4 is 5.32 Å². The van der Waals surface area contributed by atoms with Crippen molar-refractivity contribution < 1.29 is 31.1 Å². The minimum atomic E-state index is -3.67. The third-order valence-corrected chi connectivity index (χ3v) is 3.14. The molecule has 0 aliphatic heterocycles. The quantitative estimate of drug-likeness (QED) is 0.474. The van der Waals surface area contributed by atoms with Crippen LogP contribution in [0.4, 0.5) is 4.79 Å². The predicted octanol–water partition coefficient (Wildman–Crippen LogP) is 0.599. The van der Waals surface area contributed by atoms with Gasteiger partial charge in [0.05, 0.1) is 19.0 Å². The summed E-state index contributed by atoms with van der Waals surface area (Å²) in [6, 6.07) is 0. The number of nitrogens with one attached hydrogen (secondary N) is 1. The first-order valence-corrected chi connectivity index (χ1v) is 10.2. The van der Waals surface area contributed by atoms with E-state index in [0.29, 0.717) is 0 Å². The molecule has 0 aromatic heterocycles. The maximum atomic E-state index is 11.5. The molecule has 0 saturated heterocycles. The molecule has 132 valence electrons. The van der Waals surface area contributed by atoms with Gasteiger partial charge in [-0.2, -0.15) is 8.42 Å². The number of carbonyl (C=O) groups excluding carboxylic acids is 1. The summed E-state index contributed by atoms with van der Waals surface area (Å²) in [4.78, 5) is 11.5. The Balaban J connectivity index is 4.35. The highest BCUT2D eigenvalue weighted by Gasteiger charge is 2.20. The van der Waals surface area contributed by atoms with E-state index in [1.54, 1.807) is 20.8 Å². The first-order chi connectivity index (χ1) is 9.89. The number of ether oxygens (including phenoxy) is 2. The summed E-state index contributed by atoms with van der Waals surface area (Å²) < 4.78 is 48.3. The normalized spacial score (nSPS) is 15.1. The second kappa shape index (κ2) is 9.43. The molecular formula is C12H25NO7S2. The second-order valence-electron chi connectivity index (χ2n) is 5.69. The maximum Gasteiger partial charge on any atom is 0.407 e. The van der Waals surface area contributed by atoms with E-state index in [9.17, 15) is 17.4 Å². The lowest BCUT2D eigenvalue weighted by Crippen LogP contribution is -2.38. The molecule has 2 atom stereocenters. The maximum absolute atomic E-state index is 11.5. The van der Waals surface area contributed by atoms with E-state index in [1.807, 2.05) is 0 Å². The van der Waals surface area contributed by atoms with Gasteiger partial charge in [0.25, 0.3) is 10.1 Å². The Hall–Kier alpha value is -0.710. The van der Waals surface area contributed by atoms with Crippen molar-refractivity contribution in [2.45, 2.75) is 38.9 Å². The number of hydrogen-bond acceptors (Lipinski definition) is 7.